The van der Waals surface area contributed by atoms with Crippen molar-refractivity contribution in [2.24, 2.45) is 5.41 Å². The van der Waals surface area contributed by atoms with E-state index < -0.39 is 8.32 Å². The summed E-state index contributed by atoms with van der Waals surface area (Å²) in [4.78, 5) is 12.0. The van der Waals surface area contributed by atoms with Crippen molar-refractivity contribution in [3.63, 3.8) is 0 Å². The van der Waals surface area contributed by atoms with Crippen LogP contribution in [0.25, 0.3) is 0 Å². The normalized spacial score (nSPS) is 20.8. The summed E-state index contributed by atoms with van der Waals surface area (Å²) in [6.07, 6.45) is 3.72. The average molecular weight is 268 g/mol. The first-order valence-electron chi connectivity index (χ1n) is 6.81. The average Bonchev–Trinajstić information content (AvgIpc) is 2.13. The molecule has 0 radical (unpaired) electrons. The molecule has 0 saturated heterocycles. The standard InChI is InChI=1S/C15H28O2Si/c1-14(2,3)18(6,7)17-11-12-8-9-15(4,5)10-13(12)16/h8H,9-11H2,1-7H3. The van der Waals surface area contributed by atoms with Gasteiger partial charge in [-0.3, -0.25) is 4.79 Å². The fourth-order valence-corrected chi connectivity index (χ4v) is 2.70. The summed E-state index contributed by atoms with van der Waals surface area (Å²) in [5, 5.41) is 0.199. The fourth-order valence-electron chi connectivity index (χ4n) is 1.75. The molecule has 0 atom stereocenters. The van der Waals surface area contributed by atoms with E-state index in [0.29, 0.717) is 13.0 Å². The maximum absolute atomic E-state index is 12.0. The first-order chi connectivity index (χ1) is 7.95. The second kappa shape index (κ2) is 4.93. The van der Waals surface area contributed by atoms with Gasteiger partial charge in [0, 0.05) is 12.0 Å². The van der Waals surface area contributed by atoms with Crippen molar-refractivity contribution in [1.82, 2.24) is 0 Å². The Kier molecular flexibility index (Phi) is 4.29. The highest BCUT2D eigenvalue weighted by molar-refractivity contribution is 6.74. The maximum Gasteiger partial charge on any atom is 0.192 e. The summed E-state index contributed by atoms with van der Waals surface area (Å²) in [5.74, 6) is 0.268. The van der Waals surface area contributed by atoms with Crippen molar-refractivity contribution in [1.29, 1.82) is 0 Å². The number of carbonyl (C=O) groups excluding carboxylic acids is 1. The van der Waals surface area contributed by atoms with E-state index in [1.165, 1.54) is 0 Å². The summed E-state index contributed by atoms with van der Waals surface area (Å²) in [6.45, 7) is 15.9. The molecule has 104 valence electrons. The van der Waals surface area contributed by atoms with Crippen molar-refractivity contribution >= 4 is 14.1 Å². The quantitative estimate of drug-likeness (QED) is 0.712. The molecule has 0 fully saturated rings. The van der Waals surface area contributed by atoms with Crippen LogP contribution in [0.2, 0.25) is 18.1 Å². The molecule has 0 saturated carbocycles. The lowest BCUT2D eigenvalue weighted by atomic mass is 9.78. The van der Waals surface area contributed by atoms with E-state index in [1.54, 1.807) is 0 Å². The zero-order valence-corrected chi connectivity index (χ0v) is 14.0. The SMILES string of the molecule is CC1(C)CC=C(CO[Si](C)(C)C(C)(C)C)C(=O)C1. The third kappa shape index (κ3) is 3.79. The third-order valence-electron chi connectivity index (χ3n) is 4.29. The van der Waals surface area contributed by atoms with E-state index in [9.17, 15) is 4.79 Å². The molecule has 0 aliphatic heterocycles. The molecule has 1 aliphatic rings. The minimum absolute atomic E-state index is 0.123. The molecular formula is C15H28O2Si. The van der Waals surface area contributed by atoms with Gasteiger partial charge in [-0.15, -0.1) is 0 Å². The van der Waals surface area contributed by atoms with Crippen LogP contribution in [0.4, 0.5) is 0 Å². The number of rotatable bonds is 3. The number of ketones is 1. The van der Waals surface area contributed by atoms with Gasteiger partial charge in [0.05, 0.1) is 6.61 Å². The molecule has 0 aromatic heterocycles. The van der Waals surface area contributed by atoms with Gasteiger partial charge in [0.1, 0.15) is 0 Å². The van der Waals surface area contributed by atoms with Gasteiger partial charge in [0.2, 0.25) is 0 Å². The molecule has 0 bridgehead atoms. The molecule has 18 heavy (non-hydrogen) atoms. The Morgan fingerprint density at radius 3 is 2.33 bits per heavy atom. The van der Waals surface area contributed by atoms with Crippen LogP contribution in [0.5, 0.6) is 0 Å². The number of hydrogen-bond acceptors (Lipinski definition) is 2. The van der Waals surface area contributed by atoms with Crippen LogP contribution in [0, 0.1) is 5.41 Å². The minimum Gasteiger partial charge on any atom is -0.412 e. The van der Waals surface area contributed by atoms with Crippen molar-refractivity contribution in [2.45, 2.75) is 65.6 Å². The largest absolute Gasteiger partial charge is 0.412 e. The highest BCUT2D eigenvalue weighted by Gasteiger charge is 2.38. The van der Waals surface area contributed by atoms with E-state index >= 15 is 0 Å². The van der Waals surface area contributed by atoms with Crippen molar-refractivity contribution in [3.05, 3.63) is 11.6 Å². The first kappa shape index (κ1) is 15.6. The number of carbonyl (C=O) groups is 1. The topological polar surface area (TPSA) is 26.3 Å². The van der Waals surface area contributed by atoms with Crippen LogP contribution in [-0.2, 0) is 9.22 Å². The Balaban J connectivity index is 2.66. The van der Waals surface area contributed by atoms with Gasteiger partial charge in [-0.05, 0) is 30.0 Å². The Morgan fingerprint density at radius 2 is 1.89 bits per heavy atom. The van der Waals surface area contributed by atoms with Crippen LogP contribution in [0.15, 0.2) is 11.6 Å². The van der Waals surface area contributed by atoms with E-state index in [-0.39, 0.29) is 16.2 Å². The van der Waals surface area contributed by atoms with Gasteiger partial charge in [0.15, 0.2) is 14.1 Å². The third-order valence-corrected chi connectivity index (χ3v) is 8.77. The summed E-state index contributed by atoms with van der Waals surface area (Å²) < 4.78 is 6.12. The fraction of sp³-hybridized carbons (Fsp3) is 0.800. The lowest BCUT2D eigenvalue weighted by Crippen LogP contribution is -2.41. The van der Waals surface area contributed by atoms with Gasteiger partial charge in [0.25, 0.3) is 0 Å². The highest BCUT2D eigenvalue weighted by atomic mass is 28.4. The van der Waals surface area contributed by atoms with Crippen LogP contribution in [0.1, 0.15) is 47.5 Å². The van der Waals surface area contributed by atoms with Crippen LogP contribution < -0.4 is 0 Å². The Bertz CT molecular complexity index is 359. The molecule has 0 spiro atoms. The van der Waals surface area contributed by atoms with Crippen LogP contribution in [0.3, 0.4) is 0 Å². The van der Waals surface area contributed by atoms with Crippen molar-refractivity contribution in [2.75, 3.05) is 6.61 Å². The summed E-state index contributed by atoms with van der Waals surface area (Å²) >= 11 is 0. The molecule has 1 rings (SSSR count). The highest BCUT2D eigenvalue weighted by Crippen LogP contribution is 2.38. The smallest absolute Gasteiger partial charge is 0.192 e. The predicted octanol–water partition coefficient (Wildman–Crippen LogP) is 4.32. The molecule has 3 heteroatoms. The lowest BCUT2D eigenvalue weighted by molar-refractivity contribution is -0.118. The summed E-state index contributed by atoms with van der Waals surface area (Å²) in [6, 6.07) is 0. The van der Waals surface area contributed by atoms with Gasteiger partial charge in [-0.25, -0.2) is 0 Å². The van der Waals surface area contributed by atoms with Crippen molar-refractivity contribution in [3.8, 4) is 0 Å². The number of hydrogen-bond donors (Lipinski definition) is 0. The molecule has 1 aliphatic carbocycles. The molecule has 0 aromatic carbocycles. The minimum atomic E-state index is -1.75. The van der Waals surface area contributed by atoms with Gasteiger partial charge >= 0.3 is 0 Å². The molecular weight excluding hydrogens is 240 g/mol. The van der Waals surface area contributed by atoms with Gasteiger partial charge in [-0.1, -0.05) is 40.7 Å². The van der Waals surface area contributed by atoms with Crippen LogP contribution >= 0.6 is 0 Å². The zero-order chi connectivity index (χ0) is 14.2. The van der Waals surface area contributed by atoms with E-state index in [2.05, 4.69) is 53.8 Å². The Hall–Kier alpha value is -0.413. The zero-order valence-electron chi connectivity index (χ0n) is 13.0. The second-order valence-electron chi connectivity index (χ2n) is 7.75. The molecule has 2 nitrogen and oxygen atoms in total. The monoisotopic (exact) mass is 268 g/mol. The molecule has 0 amide bonds. The van der Waals surface area contributed by atoms with Gasteiger partial charge in [-0.2, -0.15) is 0 Å². The predicted molar refractivity (Wildman–Crippen MR) is 79.3 cm³/mol. The summed E-state index contributed by atoms with van der Waals surface area (Å²) in [7, 11) is -1.75. The second-order valence-corrected chi connectivity index (χ2v) is 12.6. The van der Waals surface area contributed by atoms with Crippen LogP contribution in [-0.4, -0.2) is 20.7 Å². The molecule has 0 unspecified atom stereocenters. The number of allylic oxidation sites excluding steroid dienone is 1. The Labute approximate surface area is 113 Å². The van der Waals surface area contributed by atoms with Crippen molar-refractivity contribution < 1.29 is 9.22 Å². The maximum atomic E-state index is 12.0. The summed E-state index contributed by atoms with van der Waals surface area (Å²) in [5.41, 5.74) is 1.01. The molecule has 0 heterocycles. The molecule has 0 N–H and O–H groups in total. The Morgan fingerprint density at radius 1 is 1.33 bits per heavy atom. The number of Topliss-reactive ketones (excluding diaryl/α,β-unsaturated/α-hetero) is 1. The lowest BCUT2D eigenvalue weighted by Gasteiger charge is -2.37. The first-order valence-corrected chi connectivity index (χ1v) is 9.72. The van der Waals surface area contributed by atoms with E-state index in [4.69, 9.17) is 4.43 Å². The molecule has 0 aromatic rings. The van der Waals surface area contributed by atoms with E-state index in [1.807, 2.05) is 0 Å². The van der Waals surface area contributed by atoms with Gasteiger partial charge < -0.3 is 4.43 Å². The van der Waals surface area contributed by atoms with E-state index in [0.717, 1.165) is 12.0 Å².